The Hall–Kier alpha value is -0.860. The Labute approximate surface area is 124 Å². The van der Waals surface area contributed by atoms with Crippen LogP contribution in [0.2, 0.25) is 0 Å². The molecule has 0 spiro atoms. The third-order valence-corrected chi connectivity index (χ3v) is 6.53. The topological polar surface area (TPSA) is 79.5 Å². The molecule has 0 saturated carbocycles. The van der Waals surface area contributed by atoms with Crippen LogP contribution in [-0.2, 0) is 9.84 Å². The molecular formula is C12H22N4O2S2. The normalized spacial score (nSPS) is 21.4. The van der Waals surface area contributed by atoms with E-state index in [1.54, 1.807) is 0 Å². The second kappa shape index (κ2) is 5.87. The molecule has 1 saturated heterocycles. The first kappa shape index (κ1) is 15.5. The average molecular weight is 318 g/mol. The van der Waals surface area contributed by atoms with Gasteiger partial charge in [-0.1, -0.05) is 6.92 Å². The van der Waals surface area contributed by atoms with E-state index in [4.69, 9.17) is 5.73 Å². The molecule has 1 aromatic rings. The van der Waals surface area contributed by atoms with Crippen LogP contribution in [0, 0.1) is 0 Å². The lowest BCUT2D eigenvalue weighted by Gasteiger charge is -2.39. The van der Waals surface area contributed by atoms with Crippen LogP contribution < -0.4 is 10.6 Å². The maximum Gasteiger partial charge on any atom is 0.185 e. The number of nitrogen functional groups attached to an aromatic ring is 1. The summed E-state index contributed by atoms with van der Waals surface area (Å²) in [4.78, 5) is 4.60. The van der Waals surface area contributed by atoms with Crippen LogP contribution in [-0.4, -0.2) is 56.2 Å². The van der Waals surface area contributed by atoms with Crippen molar-refractivity contribution in [3.05, 3.63) is 0 Å². The predicted octanol–water partition coefficient (Wildman–Crippen LogP) is 1.05. The fourth-order valence-electron chi connectivity index (χ4n) is 2.57. The van der Waals surface area contributed by atoms with Gasteiger partial charge in [0.2, 0.25) is 0 Å². The summed E-state index contributed by atoms with van der Waals surface area (Å²) < 4.78 is 28.9. The Morgan fingerprint density at radius 3 is 2.75 bits per heavy atom. The van der Waals surface area contributed by atoms with E-state index in [2.05, 4.69) is 28.1 Å². The number of likely N-dealkylation sites (N-methyl/N-ethyl adjacent to an activating group) is 1. The fraction of sp³-hybridized carbons (Fsp3) is 0.750. The van der Waals surface area contributed by atoms with Crippen LogP contribution in [0.5, 0.6) is 0 Å². The van der Waals surface area contributed by atoms with Gasteiger partial charge < -0.3 is 15.5 Å². The molecular weight excluding hydrogens is 296 g/mol. The summed E-state index contributed by atoms with van der Waals surface area (Å²) in [6, 6.07) is 0.254. The minimum atomic E-state index is -3.35. The summed E-state index contributed by atoms with van der Waals surface area (Å²) in [5, 5.41) is 0.705. The summed E-state index contributed by atoms with van der Waals surface area (Å²) in [6.07, 6.45) is 0.579. The van der Waals surface area contributed by atoms with Gasteiger partial charge in [0.25, 0.3) is 0 Å². The Bertz CT molecular complexity index is 570. The summed E-state index contributed by atoms with van der Waals surface area (Å²) in [6.45, 7) is 6.57. The molecule has 0 amide bonds. The lowest BCUT2D eigenvalue weighted by molar-refractivity contribution is 0.276. The number of piperazine rings is 1. The van der Waals surface area contributed by atoms with Gasteiger partial charge in [-0.3, -0.25) is 0 Å². The molecule has 1 aliphatic heterocycles. The second-order valence-corrected chi connectivity index (χ2v) is 8.12. The van der Waals surface area contributed by atoms with Crippen molar-refractivity contribution in [3.8, 4) is 0 Å². The molecule has 0 aromatic carbocycles. The van der Waals surface area contributed by atoms with Crippen LogP contribution in [0.1, 0.15) is 20.3 Å². The highest BCUT2D eigenvalue weighted by atomic mass is 32.2. The van der Waals surface area contributed by atoms with E-state index in [-0.39, 0.29) is 22.5 Å². The molecule has 1 aliphatic rings. The highest BCUT2D eigenvalue weighted by molar-refractivity contribution is 7.91. The number of hydrogen-bond donors (Lipinski definition) is 1. The number of hydrogen-bond acceptors (Lipinski definition) is 7. The monoisotopic (exact) mass is 318 g/mol. The van der Waals surface area contributed by atoms with Gasteiger partial charge in [0, 0.05) is 25.7 Å². The van der Waals surface area contributed by atoms with Crippen LogP contribution in [0.15, 0.2) is 4.90 Å². The first-order valence-electron chi connectivity index (χ1n) is 6.80. The van der Waals surface area contributed by atoms with Crippen molar-refractivity contribution < 1.29 is 8.42 Å². The summed E-state index contributed by atoms with van der Waals surface area (Å²) in [5.41, 5.74) is 5.82. The molecule has 114 valence electrons. The molecule has 2 heterocycles. The van der Waals surface area contributed by atoms with Gasteiger partial charge in [0.05, 0.1) is 5.75 Å². The molecule has 1 atom stereocenters. The summed E-state index contributed by atoms with van der Waals surface area (Å²) in [7, 11) is -1.27. The zero-order valence-electron chi connectivity index (χ0n) is 12.2. The lowest BCUT2D eigenvalue weighted by Crippen LogP contribution is -2.50. The van der Waals surface area contributed by atoms with Gasteiger partial charge in [-0.25, -0.2) is 8.42 Å². The molecule has 8 heteroatoms. The third-order valence-electron chi connectivity index (χ3n) is 3.53. The van der Waals surface area contributed by atoms with E-state index < -0.39 is 9.84 Å². The van der Waals surface area contributed by atoms with Gasteiger partial charge in [0.1, 0.15) is 9.90 Å². The van der Waals surface area contributed by atoms with E-state index in [1.807, 2.05) is 6.92 Å². The van der Waals surface area contributed by atoms with Gasteiger partial charge in [0.15, 0.2) is 15.7 Å². The number of nitrogens with zero attached hydrogens (tertiary/aromatic N) is 3. The smallest absolute Gasteiger partial charge is 0.185 e. The van der Waals surface area contributed by atoms with Crippen LogP contribution in [0.4, 0.5) is 10.8 Å². The Balaban J connectivity index is 2.39. The van der Waals surface area contributed by atoms with Gasteiger partial charge >= 0.3 is 0 Å². The van der Waals surface area contributed by atoms with E-state index in [0.717, 1.165) is 19.6 Å². The van der Waals surface area contributed by atoms with Crippen molar-refractivity contribution in [3.63, 3.8) is 0 Å². The maximum atomic E-state index is 12.4. The molecule has 0 aliphatic carbocycles. The number of rotatable bonds is 4. The number of anilines is 2. The second-order valence-electron chi connectivity index (χ2n) is 5.33. The molecule has 1 aromatic heterocycles. The minimum Gasteiger partial charge on any atom is -0.382 e. The Morgan fingerprint density at radius 1 is 1.45 bits per heavy atom. The van der Waals surface area contributed by atoms with Crippen molar-refractivity contribution >= 4 is 32.2 Å². The lowest BCUT2D eigenvalue weighted by atomic mass is 10.2. The summed E-state index contributed by atoms with van der Waals surface area (Å²) >= 11 is 1.19. The summed E-state index contributed by atoms with van der Waals surface area (Å²) in [5.74, 6) is 0.259. The minimum absolute atomic E-state index is 0.116. The van der Waals surface area contributed by atoms with Crippen molar-refractivity contribution in [1.82, 2.24) is 9.27 Å². The number of sulfone groups is 1. The van der Waals surface area contributed by atoms with Gasteiger partial charge in [-0.05, 0) is 31.9 Å². The molecule has 1 fully saturated rings. The van der Waals surface area contributed by atoms with Crippen molar-refractivity contribution in [2.75, 3.05) is 43.1 Å². The van der Waals surface area contributed by atoms with Crippen molar-refractivity contribution in [2.24, 2.45) is 0 Å². The Morgan fingerprint density at radius 2 is 2.15 bits per heavy atom. The third kappa shape index (κ3) is 2.91. The van der Waals surface area contributed by atoms with Crippen molar-refractivity contribution in [2.45, 2.75) is 31.2 Å². The highest BCUT2D eigenvalue weighted by Gasteiger charge is 2.31. The van der Waals surface area contributed by atoms with E-state index in [1.165, 1.54) is 11.5 Å². The molecule has 0 radical (unpaired) electrons. The molecule has 1 unspecified atom stereocenters. The standard InChI is InChI=1S/C12H22N4O2S2/c1-4-7-20(17,18)10-11(13)14-19-12(10)16-6-5-15(3)8-9(16)2/h9H,4-8H2,1-3H3,(H2,13,14). The van der Waals surface area contributed by atoms with E-state index in [0.29, 0.717) is 11.4 Å². The molecule has 2 rings (SSSR count). The quantitative estimate of drug-likeness (QED) is 0.894. The van der Waals surface area contributed by atoms with Gasteiger partial charge in [-0.2, -0.15) is 4.37 Å². The first-order valence-corrected chi connectivity index (χ1v) is 9.22. The maximum absolute atomic E-state index is 12.4. The molecule has 20 heavy (non-hydrogen) atoms. The Kier molecular flexibility index (Phi) is 4.55. The SMILES string of the molecule is CCCS(=O)(=O)c1c(N)nsc1N1CCN(C)CC1C. The molecule has 6 nitrogen and oxygen atoms in total. The van der Waals surface area contributed by atoms with Gasteiger partial charge in [-0.15, -0.1) is 0 Å². The zero-order chi connectivity index (χ0) is 14.9. The highest BCUT2D eigenvalue weighted by Crippen LogP contribution is 2.37. The van der Waals surface area contributed by atoms with Crippen LogP contribution >= 0.6 is 11.5 Å². The van der Waals surface area contributed by atoms with Crippen molar-refractivity contribution in [1.29, 1.82) is 0 Å². The average Bonchev–Trinajstić information content (AvgIpc) is 2.71. The molecule has 2 N–H and O–H groups in total. The van der Waals surface area contributed by atoms with Crippen LogP contribution in [0.3, 0.4) is 0 Å². The van der Waals surface area contributed by atoms with E-state index >= 15 is 0 Å². The fourth-order valence-corrected chi connectivity index (χ4v) is 5.45. The largest absolute Gasteiger partial charge is 0.382 e. The predicted molar refractivity (Wildman–Crippen MR) is 83.2 cm³/mol. The number of nitrogens with two attached hydrogens (primary N) is 1. The van der Waals surface area contributed by atoms with E-state index in [9.17, 15) is 8.42 Å². The zero-order valence-corrected chi connectivity index (χ0v) is 13.8. The molecule has 0 bridgehead atoms. The van der Waals surface area contributed by atoms with Crippen LogP contribution in [0.25, 0.3) is 0 Å². The number of aromatic nitrogens is 1. The first-order chi connectivity index (χ1) is 9.36.